The second-order valence-electron chi connectivity index (χ2n) is 8.27. The lowest BCUT2D eigenvalue weighted by molar-refractivity contribution is -0.160. The number of phenols is 1. The topological polar surface area (TPSA) is 79.3 Å². The Morgan fingerprint density at radius 3 is 2.62 bits per heavy atom. The predicted molar refractivity (Wildman–Crippen MR) is 107 cm³/mol. The number of carbonyl (C=O) groups is 2. The molecular formula is C22H30N2O5. The molecule has 2 saturated heterocycles. The Balaban J connectivity index is 1.66. The van der Waals surface area contributed by atoms with E-state index >= 15 is 0 Å². The first kappa shape index (κ1) is 20.0. The summed E-state index contributed by atoms with van der Waals surface area (Å²) in [4.78, 5) is 30.3. The predicted octanol–water partition coefficient (Wildman–Crippen LogP) is 2.62. The number of methoxy groups -OCH3 is 1. The average molecular weight is 402 g/mol. The van der Waals surface area contributed by atoms with Gasteiger partial charge in [0.15, 0.2) is 11.5 Å². The van der Waals surface area contributed by atoms with E-state index in [9.17, 15) is 14.7 Å². The first-order valence-electron chi connectivity index (χ1n) is 10.7. The Labute approximate surface area is 171 Å². The number of piperazine rings is 1. The molecule has 29 heavy (non-hydrogen) atoms. The van der Waals surface area contributed by atoms with Crippen molar-refractivity contribution >= 4 is 11.8 Å². The van der Waals surface area contributed by atoms with Crippen LogP contribution in [0.4, 0.5) is 0 Å². The molecule has 0 bridgehead atoms. The van der Waals surface area contributed by atoms with Gasteiger partial charge in [0.05, 0.1) is 13.2 Å². The minimum absolute atomic E-state index is 0.0145. The number of hydrogen-bond donors (Lipinski definition) is 1. The number of nitrogens with zero attached hydrogens (tertiary/aromatic N) is 2. The molecule has 0 spiro atoms. The number of ether oxygens (including phenoxy) is 2. The summed E-state index contributed by atoms with van der Waals surface area (Å²) in [6.45, 7) is 1.26. The van der Waals surface area contributed by atoms with Crippen LogP contribution in [0.3, 0.4) is 0 Å². The van der Waals surface area contributed by atoms with E-state index < -0.39 is 6.04 Å². The number of carbonyl (C=O) groups excluding carboxylic acids is 2. The van der Waals surface area contributed by atoms with Crippen molar-refractivity contribution in [2.24, 2.45) is 0 Å². The molecule has 4 rings (SSSR count). The van der Waals surface area contributed by atoms with Crippen molar-refractivity contribution in [2.75, 3.05) is 26.8 Å². The largest absolute Gasteiger partial charge is 0.504 e. The summed E-state index contributed by atoms with van der Waals surface area (Å²) in [7, 11) is 1.48. The highest BCUT2D eigenvalue weighted by Crippen LogP contribution is 2.36. The fraction of sp³-hybridized carbons (Fsp3) is 0.636. The molecule has 1 N–H and O–H groups in total. The van der Waals surface area contributed by atoms with Gasteiger partial charge in [-0.05, 0) is 43.4 Å². The van der Waals surface area contributed by atoms with E-state index in [0.717, 1.165) is 38.5 Å². The summed E-state index contributed by atoms with van der Waals surface area (Å²) in [5.74, 6) is 0.236. The number of phenolic OH excluding ortho intramolecular Hbond substituents is 1. The Bertz CT molecular complexity index is 756. The van der Waals surface area contributed by atoms with Gasteiger partial charge in [0.1, 0.15) is 12.6 Å². The van der Waals surface area contributed by atoms with Gasteiger partial charge in [-0.3, -0.25) is 9.59 Å². The van der Waals surface area contributed by atoms with E-state index in [1.165, 1.54) is 19.6 Å². The van der Waals surface area contributed by atoms with Crippen LogP contribution in [0.15, 0.2) is 18.2 Å². The molecule has 2 atom stereocenters. The van der Waals surface area contributed by atoms with Gasteiger partial charge < -0.3 is 24.4 Å². The van der Waals surface area contributed by atoms with Gasteiger partial charge >= 0.3 is 0 Å². The van der Waals surface area contributed by atoms with Crippen molar-refractivity contribution in [2.45, 2.75) is 63.1 Å². The van der Waals surface area contributed by atoms with Gasteiger partial charge in [-0.25, -0.2) is 0 Å². The molecule has 2 unspecified atom stereocenters. The highest BCUT2D eigenvalue weighted by atomic mass is 16.5. The smallest absolute Gasteiger partial charge is 0.250 e. The summed E-state index contributed by atoms with van der Waals surface area (Å²) in [5.41, 5.74) is 0.663. The minimum atomic E-state index is -0.711. The van der Waals surface area contributed by atoms with E-state index in [-0.39, 0.29) is 36.3 Å². The van der Waals surface area contributed by atoms with E-state index in [4.69, 9.17) is 9.47 Å². The van der Waals surface area contributed by atoms with Gasteiger partial charge in [0.2, 0.25) is 5.91 Å². The summed E-state index contributed by atoms with van der Waals surface area (Å²) >= 11 is 0. The molecule has 3 fully saturated rings. The lowest BCUT2D eigenvalue weighted by Gasteiger charge is -2.45. The standard InChI is InChI=1S/C22H30N2O5/c1-28-19-12-15(9-10-18(19)25)21-22(27)23(16-6-3-2-4-7-16)14-20(26)24(21)13-17-8-5-11-29-17/h9-10,12,16-17,21,25H,2-8,11,13-14H2,1H3. The van der Waals surface area contributed by atoms with Crippen molar-refractivity contribution < 1.29 is 24.2 Å². The van der Waals surface area contributed by atoms with Crippen molar-refractivity contribution in [3.8, 4) is 11.5 Å². The van der Waals surface area contributed by atoms with Gasteiger partial charge in [0.25, 0.3) is 5.91 Å². The zero-order chi connectivity index (χ0) is 20.4. The van der Waals surface area contributed by atoms with Crippen molar-refractivity contribution in [1.82, 2.24) is 9.80 Å². The van der Waals surface area contributed by atoms with Gasteiger partial charge in [0, 0.05) is 19.2 Å². The van der Waals surface area contributed by atoms with Crippen LogP contribution in [0.2, 0.25) is 0 Å². The Kier molecular flexibility index (Phi) is 5.94. The third kappa shape index (κ3) is 4.06. The van der Waals surface area contributed by atoms with Crippen LogP contribution in [0.5, 0.6) is 11.5 Å². The number of aromatic hydroxyl groups is 1. The van der Waals surface area contributed by atoms with Crippen molar-refractivity contribution in [3.05, 3.63) is 23.8 Å². The summed E-state index contributed by atoms with van der Waals surface area (Å²) in [6.07, 6.45) is 7.14. The molecule has 2 amide bonds. The van der Waals surface area contributed by atoms with Gasteiger partial charge in [-0.1, -0.05) is 25.3 Å². The molecule has 7 nitrogen and oxygen atoms in total. The zero-order valence-electron chi connectivity index (χ0n) is 17.0. The van der Waals surface area contributed by atoms with Crippen molar-refractivity contribution in [1.29, 1.82) is 0 Å². The first-order chi connectivity index (χ1) is 14.1. The highest BCUT2D eigenvalue weighted by molar-refractivity contribution is 5.96. The molecular weight excluding hydrogens is 372 g/mol. The summed E-state index contributed by atoms with van der Waals surface area (Å²) in [6, 6.07) is 4.32. The monoisotopic (exact) mass is 402 g/mol. The maximum Gasteiger partial charge on any atom is 0.250 e. The number of hydrogen-bond acceptors (Lipinski definition) is 5. The highest BCUT2D eigenvalue weighted by Gasteiger charge is 2.44. The third-order valence-electron chi connectivity index (χ3n) is 6.41. The Morgan fingerprint density at radius 2 is 1.93 bits per heavy atom. The number of rotatable bonds is 5. The Morgan fingerprint density at radius 1 is 1.14 bits per heavy atom. The average Bonchev–Trinajstić information content (AvgIpc) is 3.25. The summed E-state index contributed by atoms with van der Waals surface area (Å²) in [5, 5.41) is 9.98. The molecule has 158 valence electrons. The molecule has 1 saturated carbocycles. The normalized spacial score (nSPS) is 26.2. The van der Waals surface area contributed by atoms with Crippen LogP contribution in [-0.4, -0.2) is 65.7 Å². The summed E-state index contributed by atoms with van der Waals surface area (Å²) < 4.78 is 11.0. The molecule has 0 aromatic heterocycles. The fourth-order valence-electron chi connectivity index (χ4n) is 4.85. The SMILES string of the molecule is COc1cc(C2C(=O)N(C3CCCCC3)CC(=O)N2CC2CCCO2)ccc1O. The van der Waals surface area contributed by atoms with Crippen molar-refractivity contribution in [3.63, 3.8) is 0 Å². The zero-order valence-corrected chi connectivity index (χ0v) is 17.0. The maximum atomic E-state index is 13.6. The first-order valence-corrected chi connectivity index (χ1v) is 10.7. The molecule has 1 aromatic rings. The fourth-order valence-corrected chi connectivity index (χ4v) is 4.85. The van der Waals surface area contributed by atoms with E-state index in [1.54, 1.807) is 21.9 Å². The van der Waals surface area contributed by atoms with Crippen LogP contribution in [0, 0.1) is 0 Å². The van der Waals surface area contributed by atoms with E-state index in [0.29, 0.717) is 24.5 Å². The van der Waals surface area contributed by atoms with Crippen LogP contribution < -0.4 is 4.74 Å². The van der Waals surface area contributed by atoms with Crippen LogP contribution in [0.25, 0.3) is 0 Å². The molecule has 1 aromatic carbocycles. The quantitative estimate of drug-likeness (QED) is 0.819. The van der Waals surface area contributed by atoms with E-state index in [2.05, 4.69) is 0 Å². The number of benzene rings is 1. The van der Waals surface area contributed by atoms with Crippen LogP contribution in [0.1, 0.15) is 56.6 Å². The number of amides is 2. The molecule has 1 aliphatic carbocycles. The molecule has 2 aliphatic heterocycles. The van der Waals surface area contributed by atoms with Crippen LogP contribution >= 0.6 is 0 Å². The van der Waals surface area contributed by atoms with Gasteiger partial charge in [-0.15, -0.1) is 0 Å². The molecule has 3 aliphatic rings. The minimum Gasteiger partial charge on any atom is -0.504 e. The Hall–Kier alpha value is -2.28. The molecule has 2 heterocycles. The lowest BCUT2D eigenvalue weighted by Crippen LogP contribution is -2.59. The molecule has 0 radical (unpaired) electrons. The second-order valence-corrected chi connectivity index (χ2v) is 8.27. The van der Waals surface area contributed by atoms with Gasteiger partial charge in [-0.2, -0.15) is 0 Å². The van der Waals surface area contributed by atoms with Crippen LogP contribution in [-0.2, 0) is 14.3 Å². The maximum absolute atomic E-state index is 13.6. The third-order valence-corrected chi connectivity index (χ3v) is 6.41. The van der Waals surface area contributed by atoms with E-state index in [1.807, 2.05) is 0 Å². The molecule has 7 heteroatoms. The lowest BCUT2D eigenvalue weighted by atomic mass is 9.91. The second kappa shape index (κ2) is 8.61.